The molecule has 0 saturated heterocycles. The zero-order valence-corrected chi connectivity index (χ0v) is 11.3. The molecular weight excluding hydrogens is 241 g/mol. The molecule has 0 rings (SSSR count). The van der Waals surface area contributed by atoms with E-state index in [0.29, 0.717) is 0 Å². The van der Waals surface area contributed by atoms with Gasteiger partial charge in [0.25, 0.3) is 0 Å². The summed E-state index contributed by atoms with van der Waals surface area (Å²) in [4.78, 5) is 21.1. The minimum absolute atomic E-state index is 0. The van der Waals surface area contributed by atoms with Crippen molar-refractivity contribution in [3.05, 3.63) is 0 Å². The van der Waals surface area contributed by atoms with Crippen molar-refractivity contribution in [2.45, 2.75) is 26.4 Å². The van der Waals surface area contributed by atoms with E-state index in [2.05, 4.69) is 0 Å². The van der Waals surface area contributed by atoms with Gasteiger partial charge in [0, 0.05) is 19.5 Å². The molecule has 0 bridgehead atoms. The number of carboxylic acids is 2. The Balaban J connectivity index is 0. The van der Waals surface area contributed by atoms with Gasteiger partial charge in [-0.15, -0.1) is 0 Å². The van der Waals surface area contributed by atoms with E-state index in [-0.39, 0.29) is 25.9 Å². The summed E-state index contributed by atoms with van der Waals surface area (Å²) in [6.45, 7) is 2.76. The Morgan fingerprint density at radius 1 is 1.14 bits per heavy atom. The molecule has 0 aromatic rings. The number of aliphatic carboxylic acids is 2. The van der Waals surface area contributed by atoms with Gasteiger partial charge in [-0.3, -0.25) is 9.59 Å². The summed E-state index contributed by atoms with van der Waals surface area (Å²) in [5.41, 5.74) is 0. The summed E-state index contributed by atoms with van der Waals surface area (Å²) in [7, 11) is 0. The van der Waals surface area contributed by atoms with E-state index in [1.807, 2.05) is 0 Å². The van der Waals surface area contributed by atoms with Crippen molar-refractivity contribution in [2.75, 3.05) is 0 Å². The molecule has 0 amide bonds. The van der Waals surface area contributed by atoms with E-state index < -0.39 is 29.9 Å². The quantitative estimate of drug-likeness (QED) is 0.609. The summed E-state index contributed by atoms with van der Waals surface area (Å²) in [6.07, 6.45) is -0.842. The molecule has 3 unspecified atom stereocenters. The van der Waals surface area contributed by atoms with Crippen LogP contribution in [0.15, 0.2) is 0 Å². The third kappa shape index (κ3) is 5.30. The molecule has 0 aliphatic heterocycles. The van der Waals surface area contributed by atoms with E-state index in [4.69, 9.17) is 15.3 Å². The van der Waals surface area contributed by atoms with Gasteiger partial charge in [-0.1, -0.05) is 6.92 Å². The Morgan fingerprint density at radius 2 is 1.57 bits per heavy atom. The molecule has 0 saturated carbocycles. The molecule has 14 heavy (non-hydrogen) atoms. The standard InChI is InChI=1S/C8H14O5.Zn/c1-4(9)3-6(8(12)13)5(2)7(10)11;/h4-6,9H,3H2,1-2H3,(H,10,11)(H,12,13);. The van der Waals surface area contributed by atoms with Gasteiger partial charge in [-0.2, -0.15) is 0 Å². The average Bonchev–Trinajstić information content (AvgIpc) is 1.97. The Kier molecular flexibility index (Phi) is 7.87. The zero-order valence-electron chi connectivity index (χ0n) is 8.30. The Bertz CT molecular complexity index is 204. The summed E-state index contributed by atoms with van der Waals surface area (Å²) in [5.74, 6) is -4.35. The van der Waals surface area contributed by atoms with Crippen molar-refractivity contribution in [1.29, 1.82) is 0 Å². The van der Waals surface area contributed by atoms with Gasteiger partial charge in [0.15, 0.2) is 0 Å². The van der Waals surface area contributed by atoms with E-state index in [0.717, 1.165) is 0 Å². The maximum absolute atomic E-state index is 10.6. The molecule has 0 spiro atoms. The first-order valence-corrected chi connectivity index (χ1v) is 4.00. The minimum atomic E-state index is -1.18. The topological polar surface area (TPSA) is 94.8 Å². The van der Waals surface area contributed by atoms with E-state index >= 15 is 0 Å². The average molecular weight is 256 g/mol. The number of carbonyl (C=O) groups is 2. The molecular formula is C8H14O5Zn. The van der Waals surface area contributed by atoms with Crippen molar-refractivity contribution < 1.29 is 44.4 Å². The van der Waals surface area contributed by atoms with Crippen molar-refractivity contribution >= 4 is 11.9 Å². The van der Waals surface area contributed by atoms with Crippen molar-refractivity contribution in [3.63, 3.8) is 0 Å². The maximum Gasteiger partial charge on any atom is 0.307 e. The van der Waals surface area contributed by atoms with Gasteiger partial charge >= 0.3 is 11.9 Å². The first kappa shape index (κ1) is 16.0. The predicted molar refractivity (Wildman–Crippen MR) is 44.2 cm³/mol. The fraction of sp³-hybridized carbons (Fsp3) is 0.750. The molecule has 0 radical (unpaired) electrons. The van der Waals surface area contributed by atoms with Crippen molar-refractivity contribution in [3.8, 4) is 0 Å². The van der Waals surface area contributed by atoms with Crippen LogP contribution in [-0.2, 0) is 29.1 Å². The maximum atomic E-state index is 10.6. The van der Waals surface area contributed by atoms with Crippen LogP contribution < -0.4 is 0 Å². The van der Waals surface area contributed by atoms with E-state index in [9.17, 15) is 9.59 Å². The molecule has 0 heterocycles. The van der Waals surface area contributed by atoms with Gasteiger partial charge in [0.1, 0.15) is 0 Å². The van der Waals surface area contributed by atoms with Crippen LogP contribution in [0.4, 0.5) is 0 Å². The van der Waals surface area contributed by atoms with Crippen molar-refractivity contribution in [1.82, 2.24) is 0 Å². The van der Waals surface area contributed by atoms with Crippen LogP contribution >= 0.6 is 0 Å². The van der Waals surface area contributed by atoms with Gasteiger partial charge in [-0.05, 0) is 13.3 Å². The number of rotatable bonds is 5. The molecule has 6 heteroatoms. The molecule has 3 N–H and O–H groups in total. The fourth-order valence-electron chi connectivity index (χ4n) is 1.06. The third-order valence-corrected chi connectivity index (χ3v) is 1.91. The number of aliphatic hydroxyl groups excluding tert-OH is 1. The molecule has 0 aliphatic rings. The summed E-state index contributed by atoms with van der Waals surface area (Å²) >= 11 is 0. The summed E-state index contributed by atoms with van der Waals surface area (Å²) < 4.78 is 0. The second-order valence-corrected chi connectivity index (χ2v) is 3.16. The number of aliphatic hydroxyl groups is 1. The van der Waals surface area contributed by atoms with Gasteiger partial charge in [0.05, 0.1) is 17.9 Å². The second-order valence-electron chi connectivity index (χ2n) is 3.16. The van der Waals surface area contributed by atoms with Crippen LogP contribution in [0, 0.1) is 11.8 Å². The molecule has 78 valence electrons. The number of hydrogen-bond acceptors (Lipinski definition) is 3. The Labute approximate surface area is 94.9 Å². The molecule has 0 fully saturated rings. The first-order chi connectivity index (χ1) is 5.86. The Hall–Kier alpha value is -0.477. The SMILES string of the molecule is CC(O)CC(C(=O)O)C(C)C(=O)O.[Zn]. The van der Waals surface area contributed by atoms with Crippen LogP contribution in [0.25, 0.3) is 0 Å². The first-order valence-electron chi connectivity index (χ1n) is 4.00. The van der Waals surface area contributed by atoms with E-state index in [1.54, 1.807) is 0 Å². The van der Waals surface area contributed by atoms with Crippen LogP contribution in [0.5, 0.6) is 0 Å². The molecule has 0 aromatic carbocycles. The van der Waals surface area contributed by atoms with Gasteiger partial charge < -0.3 is 15.3 Å². The summed E-state index contributed by atoms with van der Waals surface area (Å²) in [6, 6.07) is 0. The normalized spacial score (nSPS) is 16.2. The number of hydrogen-bond donors (Lipinski definition) is 3. The van der Waals surface area contributed by atoms with Crippen molar-refractivity contribution in [2.24, 2.45) is 11.8 Å². The Morgan fingerprint density at radius 3 is 1.79 bits per heavy atom. The van der Waals surface area contributed by atoms with Gasteiger partial charge in [-0.25, -0.2) is 0 Å². The van der Waals surface area contributed by atoms with E-state index in [1.165, 1.54) is 13.8 Å². The molecule has 3 atom stereocenters. The third-order valence-electron chi connectivity index (χ3n) is 1.91. The molecule has 5 nitrogen and oxygen atoms in total. The largest absolute Gasteiger partial charge is 0.481 e. The predicted octanol–water partition coefficient (Wildman–Crippen LogP) is 0.176. The molecule has 0 aliphatic carbocycles. The smallest absolute Gasteiger partial charge is 0.307 e. The number of carboxylic acid groups (broad SMARTS) is 2. The molecule has 0 aromatic heterocycles. The van der Waals surface area contributed by atoms with Gasteiger partial charge in [0.2, 0.25) is 0 Å². The minimum Gasteiger partial charge on any atom is -0.481 e. The van der Waals surface area contributed by atoms with Crippen LogP contribution in [0.3, 0.4) is 0 Å². The zero-order chi connectivity index (χ0) is 10.6. The van der Waals surface area contributed by atoms with Crippen LogP contribution in [0.2, 0.25) is 0 Å². The van der Waals surface area contributed by atoms with Crippen LogP contribution in [0.1, 0.15) is 20.3 Å². The van der Waals surface area contributed by atoms with Crippen LogP contribution in [-0.4, -0.2) is 33.4 Å². The second kappa shape index (κ2) is 6.90. The monoisotopic (exact) mass is 254 g/mol. The fourth-order valence-corrected chi connectivity index (χ4v) is 1.06. The summed E-state index contributed by atoms with van der Waals surface area (Å²) in [5, 5.41) is 26.2.